The van der Waals surface area contributed by atoms with Gasteiger partial charge in [0.15, 0.2) is 0 Å². The molecular weight excluding hydrogens is 358 g/mol. The second-order valence-electron chi connectivity index (χ2n) is 6.61. The van der Waals surface area contributed by atoms with Gasteiger partial charge in [0.1, 0.15) is 0 Å². The van der Waals surface area contributed by atoms with Crippen LogP contribution in [0.4, 0.5) is 11.4 Å². The van der Waals surface area contributed by atoms with Crippen LogP contribution in [0.15, 0.2) is 66.9 Å². The molecule has 3 aromatic rings. The number of amides is 1. The van der Waals surface area contributed by atoms with Gasteiger partial charge in [0, 0.05) is 41.8 Å². The largest absolute Gasteiger partial charge is 0.372 e. The number of nitrogens with one attached hydrogen (secondary N) is 1. The molecule has 0 spiro atoms. The van der Waals surface area contributed by atoms with E-state index in [0.29, 0.717) is 16.3 Å². The molecule has 5 heteroatoms. The van der Waals surface area contributed by atoms with Crippen molar-refractivity contribution in [1.82, 2.24) is 4.98 Å². The number of anilines is 2. The molecule has 27 heavy (non-hydrogen) atoms. The first kappa shape index (κ1) is 17.6. The van der Waals surface area contributed by atoms with Crippen molar-refractivity contribution in [2.45, 2.75) is 12.8 Å². The summed E-state index contributed by atoms with van der Waals surface area (Å²) in [5.41, 5.74) is 4.19. The van der Waals surface area contributed by atoms with E-state index in [2.05, 4.69) is 27.3 Å². The number of rotatable bonds is 4. The molecule has 0 saturated carbocycles. The lowest BCUT2D eigenvalue weighted by molar-refractivity contribution is 0.102. The van der Waals surface area contributed by atoms with E-state index in [1.165, 1.54) is 18.5 Å². The van der Waals surface area contributed by atoms with Crippen molar-refractivity contribution in [3.8, 4) is 11.3 Å². The zero-order chi connectivity index (χ0) is 18.6. The molecule has 4 rings (SSSR count). The number of hydrogen-bond acceptors (Lipinski definition) is 3. The fourth-order valence-electron chi connectivity index (χ4n) is 3.31. The maximum Gasteiger partial charge on any atom is 0.255 e. The van der Waals surface area contributed by atoms with E-state index in [4.69, 9.17) is 11.6 Å². The Morgan fingerprint density at radius 1 is 0.963 bits per heavy atom. The van der Waals surface area contributed by atoms with Crippen LogP contribution in [0, 0.1) is 0 Å². The maximum atomic E-state index is 12.5. The average molecular weight is 378 g/mol. The van der Waals surface area contributed by atoms with E-state index in [-0.39, 0.29) is 5.91 Å². The van der Waals surface area contributed by atoms with Crippen LogP contribution in [-0.4, -0.2) is 24.0 Å². The Bertz CT molecular complexity index is 933. The second kappa shape index (κ2) is 7.80. The summed E-state index contributed by atoms with van der Waals surface area (Å²) >= 11 is 6.18. The van der Waals surface area contributed by atoms with E-state index < -0.39 is 0 Å². The van der Waals surface area contributed by atoms with Crippen molar-refractivity contribution in [1.29, 1.82) is 0 Å². The van der Waals surface area contributed by atoms with Gasteiger partial charge < -0.3 is 10.2 Å². The number of aromatic nitrogens is 1. The van der Waals surface area contributed by atoms with Crippen molar-refractivity contribution in [2.24, 2.45) is 0 Å². The highest BCUT2D eigenvalue weighted by atomic mass is 35.5. The van der Waals surface area contributed by atoms with Gasteiger partial charge in [-0.25, -0.2) is 0 Å². The van der Waals surface area contributed by atoms with Crippen LogP contribution in [0.1, 0.15) is 23.2 Å². The molecule has 1 saturated heterocycles. The fourth-order valence-corrected chi connectivity index (χ4v) is 3.54. The highest BCUT2D eigenvalue weighted by Gasteiger charge is 2.13. The monoisotopic (exact) mass is 377 g/mol. The topological polar surface area (TPSA) is 45.2 Å². The number of carbonyl (C=O) groups excluding carboxylic acids is 1. The highest BCUT2D eigenvalue weighted by Crippen LogP contribution is 2.26. The molecule has 0 unspecified atom stereocenters. The Hall–Kier alpha value is -2.85. The van der Waals surface area contributed by atoms with Crippen molar-refractivity contribution in [3.05, 3.63) is 77.4 Å². The fraction of sp³-hybridized carbons (Fsp3) is 0.182. The first-order valence-electron chi connectivity index (χ1n) is 9.08. The lowest BCUT2D eigenvalue weighted by atomic mass is 10.1. The van der Waals surface area contributed by atoms with E-state index in [9.17, 15) is 4.79 Å². The van der Waals surface area contributed by atoms with Crippen LogP contribution in [-0.2, 0) is 0 Å². The van der Waals surface area contributed by atoms with Crippen LogP contribution in [0.5, 0.6) is 0 Å². The van der Waals surface area contributed by atoms with Crippen LogP contribution in [0.3, 0.4) is 0 Å². The van der Waals surface area contributed by atoms with E-state index >= 15 is 0 Å². The smallest absolute Gasteiger partial charge is 0.255 e. The molecule has 0 radical (unpaired) electrons. The molecule has 2 heterocycles. The van der Waals surface area contributed by atoms with Crippen molar-refractivity contribution < 1.29 is 4.79 Å². The summed E-state index contributed by atoms with van der Waals surface area (Å²) in [5.74, 6) is -0.136. The summed E-state index contributed by atoms with van der Waals surface area (Å²) in [7, 11) is 0. The normalized spacial score (nSPS) is 13.6. The number of carbonyl (C=O) groups is 1. The zero-order valence-electron chi connectivity index (χ0n) is 14.9. The van der Waals surface area contributed by atoms with E-state index in [1.807, 2.05) is 24.3 Å². The third kappa shape index (κ3) is 3.96. The second-order valence-corrected chi connectivity index (χ2v) is 7.01. The third-order valence-corrected chi connectivity index (χ3v) is 5.08. The van der Waals surface area contributed by atoms with Gasteiger partial charge in [-0.3, -0.25) is 9.78 Å². The van der Waals surface area contributed by atoms with Gasteiger partial charge in [0.2, 0.25) is 0 Å². The summed E-state index contributed by atoms with van der Waals surface area (Å²) < 4.78 is 0. The van der Waals surface area contributed by atoms with Crippen molar-refractivity contribution in [3.63, 3.8) is 0 Å². The predicted molar refractivity (Wildman–Crippen MR) is 111 cm³/mol. The molecular formula is C22H20ClN3O. The molecule has 1 aliphatic rings. The summed E-state index contributed by atoms with van der Waals surface area (Å²) in [4.78, 5) is 19.2. The Morgan fingerprint density at radius 2 is 1.67 bits per heavy atom. The SMILES string of the molecule is O=C(Nc1ccc(N2CCCC2)cc1)c1ccc(-c2ncccc2Cl)cc1. The lowest BCUT2D eigenvalue weighted by Gasteiger charge is -2.17. The first-order chi connectivity index (χ1) is 13.2. The highest BCUT2D eigenvalue weighted by molar-refractivity contribution is 6.33. The van der Waals surface area contributed by atoms with E-state index in [0.717, 1.165) is 24.3 Å². The van der Waals surface area contributed by atoms with Crippen LogP contribution < -0.4 is 10.2 Å². The molecule has 0 aliphatic carbocycles. The average Bonchev–Trinajstić information content (AvgIpc) is 3.24. The molecule has 4 nitrogen and oxygen atoms in total. The quantitative estimate of drug-likeness (QED) is 0.675. The minimum Gasteiger partial charge on any atom is -0.372 e. The first-order valence-corrected chi connectivity index (χ1v) is 9.46. The summed E-state index contributed by atoms with van der Waals surface area (Å²) in [6.07, 6.45) is 4.20. The predicted octanol–water partition coefficient (Wildman–Crippen LogP) is 5.25. The molecule has 0 atom stereocenters. The Labute approximate surface area is 163 Å². The van der Waals surface area contributed by atoms with Crippen molar-refractivity contribution >= 4 is 28.9 Å². The summed E-state index contributed by atoms with van der Waals surface area (Å²) in [6.45, 7) is 2.22. The van der Waals surface area contributed by atoms with Crippen molar-refractivity contribution in [2.75, 3.05) is 23.3 Å². The van der Waals surface area contributed by atoms with Gasteiger partial charge in [-0.2, -0.15) is 0 Å². The minimum absolute atomic E-state index is 0.136. The molecule has 136 valence electrons. The standard InChI is InChI=1S/C22H20ClN3O/c23-20-4-3-13-24-21(20)16-5-7-17(8-6-16)22(27)25-18-9-11-19(12-10-18)26-14-1-2-15-26/h3-13H,1-2,14-15H2,(H,25,27). The van der Waals surface area contributed by atoms with Gasteiger partial charge in [0.05, 0.1) is 10.7 Å². The number of halogens is 1. The summed E-state index contributed by atoms with van der Waals surface area (Å²) in [5, 5.41) is 3.54. The number of hydrogen-bond donors (Lipinski definition) is 1. The lowest BCUT2D eigenvalue weighted by Crippen LogP contribution is -2.17. The third-order valence-electron chi connectivity index (χ3n) is 4.78. The zero-order valence-corrected chi connectivity index (χ0v) is 15.6. The number of nitrogens with zero attached hydrogens (tertiary/aromatic N) is 2. The molecule has 1 aromatic heterocycles. The molecule has 1 N–H and O–H groups in total. The molecule has 0 bridgehead atoms. The van der Waals surface area contributed by atoms with Gasteiger partial charge in [-0.15, -0.1) is 0 Å². The number of benzene rings is 2. The number of pyridine rings is 1. The van der Waals surface area contributed by atoms with Gasteiger partial charge >= 0.3 is 0 Å². The van der Waals surface area contributed by atoms with Gasteiger partial charge in [-0.05, 0) is 61.4 Å². The maximum absolute atomic E-state index is 12.5. The Morgan fingerprint density at radius 3 is 2.33 bits per heavy atom. The molecule has 2 aromatic carbocycles. The molecule has 1 fully saturated rings. The van der Waals surface area contributed by atoms with Crippen LogP contribution >= 0.6 is 11.6 Å². The van der Waals surface area contributed by atoms with Crippen LogP contribution in [0.25, 0.3) is 11.3 Å². The Kier molecular flexibility index (Phi) is 5.07. The van der Waals surface area contributed by atoms with Gasteiger partial charge in [0.25, 0.3) is 5.91 Å². The van der Waals surface area contributed by atoms with Gasteiger partial charge in [-0.1, -0.05) is 23.7 Å². The van der Waals surface area contributed by atoms with Crippen LogP contribution in [0.2, 0.25) is 5.02 Å². The molecule has 1 amide bonds. The Balaban J connectivity index is 1.44. The van der Waals surface area contributed by atoms with E-state index in [1.54, 1.807) is 30.5 Å². The molecule has 1 aliphatic heterocycles. The minimum atomic E-state index is -0.136. The summed E-state index contributed by atoms with van der Waals surface area (Å²) in [6, 6.07) is 18.9.